The smallest absolute Gasteiger partial charge is 0.194 e. The minimum atomic E-state index is -2.08. The highest BCUT2D eigenvalue weighted by Gasteiger charge is 2.55. The summed E-state index contributed by atoms with van der Waals surface area (Å²) < 4.78 is 14.0. The molecule has 1 aliphatic carbocycles. The summed E-state index contributed by atoms with van der Waals surface area (Å²) in [7, 11) is -4.15. The van der Waals surface area contributed by atoms with E-state index in [1.54, 1.807) is 0 Å². The van der Waals surface area contributed by atoms with Crippen molar-refractivity contribution in [2.24, 2.45) is 0 Å². The van der Waals surface area contributed by atoms with Gasteiger partial charge in [0.25, 0.3) is 0 Å². The lowest BCUT2D eigenvalue weighted by molar-refractivity contribution is -0.0374. The molecule has 0 fully saturated rings. The summed E-state index contributed by atoms with van der Waals surface area (Å²) in [4.78, 5) is 0. The highest BCUT2D eigenvalue weighted by molar-refractivity contribution is 6.74. The van der Waals surface area contributed by atoms with Gasteiger partial charge in [0, 0.05) is 12.8 Å². The van der Waals surface area contributed by atoms with Crippen molar-refractivity contribution < 1.29 is 8.85 Å². The van der Waals surface area contributed by atoms with Gasteiger partial charge in [-0.2, -0.15) is 0 Å². The van der Waals surface area contributed by atoms with E-state index in [9.17, 15) is 0 Å². The molecular formula is C24H44O2Si2. The lowest BCUT2D eigenvalue weighted by Crippen LogP contribution is -2.62. The summed E-state index contributed by atoms with van der Waals surface area (Å²) in [6.07, 6.45) is 3.98. The Morgan fingerprint density at radius 2 is 0.929 bits per heavy atom. The van der Waals surface area contributed by atoms with Crippen LogP contribution in [0.25, 0.3) is 0 Å². The second kappa shape index (κ2) is 8.31. The van der Waals surface area contributed by atoms with Crippen LogP contribution in [0.3, 0.4) is 0 Å². The Labute approximate surface area is 177 Å². The quantitative estimate of drug-likeness (QED) is 0.356. The first kappa shape index (κ1) is 25.5. The maximum Gasteiger partial charge on any atom is 0.194 e. The van der Waals surface area contributed by atoms with Gasteiger partial charge in [-0.25, -0.2) is 0 Å². The first-order chi connectivity index (χ1) is 12.4. The molecule has 0 radical (unpaired) electrons. The third kappa shape index (κ3) is 5.76. The van der Waals surface area contributed by atoms with Gasteiger partial charge in [0.15, 0.2) is 27.8 Å². The van der Waals surface area contributed by atoms with Crippen LogP contribution in [-0.4, -0.2) is 27.8 Å². The summed E-state index contributed by atoms with van der Waals surface area (Å²) in [5, 5.41) is 0.191. The Bertz CT molecular complexity index is 614. The Balaban J connectivity index is 3.56. The van der Waals surface area contributed by atoms with Gasteiger partial charge in [-0.1, -0.05) is 53.4 Å². The van der Waals surface area contributed by atoms with Crippen molar-refractivity contribution in [3.05, 3.63) is 0 Å². The van der Waals surface area contributed by atoms with Crippen LogP contribution < -0.4 is 0 Å². The van der Waals surface area contributed by atoms with Crippen LogP contribution in [0, 0.1) is 23.7 Å². The van der Waals surface area contributed by atoms with Crippen molar-refractivity contribution in [2.45, 2.75) is 129 Å². The molecule has 2 unspecified atom stereocenters. The fourth-order valence-electron chi connectivity index (χ4n) is 2.70. The van der Waals surface area contributed by atoms with Gasteiger partial charge in [-0.05, 0) is 63.0 Å². The molecular weight excluding hydrogens is 376 g/mol. The minimum absolute atomic E-state index is 0.0956. The van der Waals surface area contributed by atoms with Crippen molar-refractivity contribution >= 4 is 16.6 Å². The Morgan fingerprint density at radius 3 is 1.18 bits per heavy atom. The van der Waals surface area contributed by atoms with Gasteiger partial charge in [0.1, 0.15) is 0 Å². The zero-order valence-electron chi connectivity index (χ0n) is 20.6. The predicted octanol–water partition coefficient (Wildman–Crippen LogP) is 7.13. The van der Waals surface area contributed by atoms with Gasteiger partial charge in [-0.3, -0.25) is 0 Å². The molecule has 160 valence electrons. The first-order valence-electron chi connectivity index (χ1n) is 10.8. The van der Waals surface area contributed by atoms with Gasteiger partial charge in [-0.15, -0.1) is 11.8 Å². The van der Waals surface area contributed by atoms with Gasteiger partial charge < -0.3 is 8.85 Å². The summed E-state index contributed by atoms with van der Waals surface area (Å²) in [6, 6.07) is 0. The molecule has 0 N–H and O–H groups in total. The molecule has 0 aromatic heterocycles. The molecule has 0 saturated heterocycles. The molecule has 2 atom stereocenters. The molecule has 0 amide bonds. The molecule has 28 heavy (non-hydrogen) atoms. The molecule has 0 heterocycles. The van der Waals surface area contributed by atoms with Crippen molar-refractivity contribution in [2.75, 3.05) is 0 Å². The normalized spacial score (nSPS) is 27.3. The van der Waals surface area contributed by atoms with Crippen molar-refractivity contribution in [1.29, 1.82) is 0 Å². The van der Waals surface area contributed by atoms with Crippen LogP contribution in [0.5, 0.6) is 0 Å². The fraction of sp³-hybridized carbons (Fsp3) is 0.833. The largest absolute Gasteiger partial charge is 0.398 e. The minimum Gasteiger partial charge on any atom is -0.398 e. The number of hydrogen-bond acceptors (Lipinski definition) is 2. The molecule has 0 saturated carbocycles. The molecule has 1 rings (SSSR count). The van der Waals surface area contributed by atoms with E-state index in [2.05, 4.69) is 105 Å². The average Bonchev–Trinajstić information content (AvgIpc) is 2.46. The maximum absolute atomic E-state index is 7.00. The van der Waals surface area contributed by atoms with Crippen molar-refractivity contribution in [3.63, 3.8) is 0 Å². The Kier molecular flexibility index (Phi) is 7.57. The molecule has 0 bridgehead atoms. The summed E-state index contributed by atoms with van der Waals surface area (Å²) >= 11 is 0. The molecule has 0 aromatic rings. The van der Waals surface area contributed by atoms with Crippen LogP contribution >= 0.6 is 0 Å². The summed E-state index contributed by atoms with van der Waals surface area (Å²) in [6.45, 7) is 27.0. The molecule has 2 nitrogen and oxygen atoms in total. The van der Waals surface area contributed by atoms with Gasteiger partial charge in [0.2, 0.25) is 0 Å². The SMILES string of the molecule is CC1(O[Si](C)(C)C(C)(C)C)C#CCCCCC#CC1(C)O[Si](C)(C)C(C)(C)C. The maximum atomic E-state index is 7.00. The fourth-order valence-corrected chi connectivity index (χ4v) is 5.85. The molecule has 4 heteroatoms. The predicted molar refractivity (Wildman–Crippen MR) is 127 cm³/mol. The summed E-state index contributed by atoms with van der Waals surface area (Å²) in [5.74, 6) is 13.9. The van der Waals surface area contributed by atoms with Crippen LogP contribution in [-0.2, 0) is 8.85 Å². The van der Waals surface area contributed by atoms with Gasteiger partial charge >= 0.3 is 0 Å². The van der Waals surface area contributed by atoms with Crippen LogP contribution in [0.1, 0.15) is 81.1 Å². The number of hydrogen-bond donors (Lipinski definition) is 0. The summed E-state index contributed by atoms with van der Waals surface area (Å²) in [5.41, 5.74) is -1.51. The lowest BCUT2D eigenvalue weighted by atomic mass is 9.86. The number of rotatable bonds is 4. The molecule has 0 spiro atoms. The van der Waals surface area contributed by atoms with Crippen molar-refractivity contribution in [3.8, 4) is 23.7 Å². The van der Waals surface area contributed by atoms with Crippen LogP contribution in [0.15, 0.2) is 0 Å². The van der Waals surface area contributed by atoms with E-state index in [1.807, 2.05) is 0 Å². The van der Waals surface area contributed by atoms with Crippen LogP contribution in [0.4, 0.5) is 0 Å². The molecule has 0 aromatic carbocycles. The highest BCUT2D eigenvalue weighted by atomic mass is 28.4. The van der Waals surface area contributed by atoms with E-state index in [0.717, 1.165) is 25.7 Å². The molecule has 0 aliphatic heterocycles. The zero-order valence-corrected chi connectivity index (χ0v) is 22.6. The van der Waals surface area contributed by atoms with E-state index < -0.39 is 27.8 Å². The second-order valence-electron chi connectivity index (χ2n) is 11.6. The average molecular weight is 421 g/mol. The van der Waals surface area contributed by atoms with Crippen molar-refractivity contribution in [1.82, 2.24) is 0 Å². The van der Waals surface area contributed by atoms with E-state index in [1.165, 1.54) is 0 Å². The lowest BCUT2D eigenvalue weighted by Gasteiger charge is -2.51. The van der Waals surface area contributed by atoms with E-state index >= 15 is 0 Å². The second-order valence-corrected chi connectivity index (χ2v) is 21.1. The molecule has 1 aliphatic rings. The highest BCUT2D eigenvalue weighted by Crippen LogP contribution is 2.46. The van der Waals surface area contributed by atoms with Crippen LogP contribution in [0.2, 0.25) is 36.3 Å². The third-order valence-electron chi connectivity index (χ3n) is 6.95. The topological polar surface area (TPSA) is 18.5 Å². The first-order valence-corrected chi connectivity index (χ1v) is 16.6. The monoisotopic (exact) mass is 420 g/mol. The standard InChI is InChI=1S/C24H44O2Si2/c1-21(2,3)27(9,10)25-23(7)19-17-15-13-14-16-18-20-24(23,8)26-28(11,12)22(4,5)6/h13-16H2,1-12H3. The Morgan fingerprint density at radius 1 is 0.643 bits per heavy atom. The Hall–Kier alpha value is -0.526. The van der Waals surface area contributed by atoms with E-state index in [-0.39, 0.29) is 10.1 Å². The zero-order chi connectivity index (χ0) is 22.1. The third-order valence-corrected chi connectivity index (χ3v) is 16.0. The van der Waals surface area contributed by atoms with E-state index in [0.29, 0.717) is 0 Å². The van der Waals surface area contributed by atoms with Gasteiger partial charge in [0.05, 0.1) is 0 Å². The van der Waals surface area contributed by atoms with E-state index in [4.69, 9.17) is 8.85 Å².